The number of urea groups is 1. The van der Waals surface area contributed by atoms with E-state index in [-0.39, 0.29) is 12.1 Å². The molecule has 0 aliphatic carbocycles. The van der Waals surface area contributed by atoms with Crippen LogP contribution in [0.15, 0.2) is 0 Å². The molecule has 17 heavy (non-hydrogen) atoms. The van der Waals surface area contributed by atoms with E-state index in [9.17, 15) is 9.59 Å². The maximum atomic E-state index is 12.0. The van der Waals surface area contributed by atoms with Crippen LogP contribution in [0.4, 0.5) is 4.79 Å². The van der Waals surface area contributed by atoms with Gasteiger partial charge in [0.1, 0.15) is 5.54 Å². The van der Waals surface area contributed by atoms with Crippen LogP contribution in [-0.2, 0) is 4.79 Å². The molecular formula is C11H22N2O3S. The molecule has 0 fully saturated rings. The third-order valence-corrected chi connectivity index (χ3v) is 3.38. The summed E-state index contributed by atoms with van der Waals surface area (Å²) in [4.78, 5) is 24.4. The molecule has 0 aromatic heterocycles. The number of amides is 2. The SMILES string of the molecule is CCN(C(=O)NC(C)CSC)C(C)(C)C(=O)O. The first kappa shape index (κ1) is 16.1. The predicted octanol–water partition coefficient (Wildman–Crippen LogP) is 1.63. The van der Waals surface area contributed by atoms with Crippen LogP contribution >= 0.6 is 11.8 Å². The fourth-order valence-electron chi connectivity index (χ4n) is 1.49. The molecule has 0 saturated heterocycles. The molecule has 1 unspecified atom stereocenters. The quantitative estimate of drug-likeness (QED) is 0.763. The van der Waals surface area contributed by atoms with Crippen molar-refractivity contribution in [3.05, 3.63) is 0 Å². The highest BCUT2D eigenvalue weighted by molar-refractivity contribution is 7.98. The number of aliphatic carboxylic acids is 1. The van der Waals surface area contributed by atoms with Crippen LogP contribution in [-0.4, -0.2) is 52.1 Å². The monoisotopic (exact) mass is 262 g/mol. The zero-order valence-corrected chi connectivity index (χ0v) is 11.9. The number of rotatable bonds is 6. The van der Waals surface area contributed by atoms with Gasteiger partial charge in [-0.25, -0.2) is 9.59 Å². The molecule has 1 atom stereocenters. The van der Waals surface area contributed by atoms with Gasteiger partial charge in [-0.1, -0.05) is 0 Å². The number of carbonyl (C=O) groups is 2. The van der Waals surface area contributed by atoms with Crippen LogP contribution in [0.1, 0.15) is 27.7 Å². The number of carbonyl (C=O) groups excluding carboxylic acids is 1. The van der Waals surface area contributed by atoms with Crippen LogP contribution in [0, 0.1) is 0 Å². The maximum Gasteiger partial charge on any atom is 0.329 e. The Morgan fingerprint density at radius 2 is 2.00 bits per heavy atom. The van der Waals surface area contributed by atoms with Gasteiger partial charge in [-0.05, 0) is 34.0 Å². The van der Waals surface area contributed by atoms with Gasteiger partial charge in [0.05, 0.1) is 0 Å². The van der Waals surface area contributed by atoms with Gasteiger partial charge in [0, 0.05) is 18.3 Å². The lowest BCUT2D eigenvalue weighted by atomic mass is 10.0. The van der Waals surface area contributed by atoms with E-state index in [0.29, 0.717) is 6.54 Å². The molecule has 2 N–H and O–H groups in total. The molecule has 0 spiro atoms. The van der Waals surface area contributed by atoms with E-state index >= 15 is 0 Å². The Balaban J connectivity index is 4.67. The summed E-state index contributed by atoms with van der Waals surface area (Å²) < 4.78 is 0. The number of carboxylic acids is 1. The first-order valence-electron chi connectivity index (χ1n) is 5.57. The van der Waals surface area contributed by atoms with Crippen LogP contribution < -0.4 is 5.32 Å². The second-order valence-electron chi connectivity index (χ2n) is 4.41. The molecule has 0 aliphatic rings. The number of hydrogen-bond donors (Lipinski definition) is 2. The van der Waals surface area contributed by atoms with E-state index in [2.05, 4.69) is 5.32 Å². The van der Waals surface area contributed by atoms with Crippen LogP contribution in [0.3, 0.4) is 0 Å². The summed E-state index contributed by atoms with van der Waals surface area (Å²) in [5.41, 5.74) is -1.20. The normalized spacial score (nSPS) is 13.0. The molecule has 0 aliphatic heterocycles. The number of nitrogens with one attached hydrogen (secondary N) is 1. The predicted molar refractivity (Wildman–Crippen MR) is 70.5 cm³/mol. The van der Waals surface area contributed by atoms with E-state index in [0.717, 1.165) is 5.75 Å². The summed E-state index contributed by atoms with van der Waals surface area (Å²) in [5.74, 6) is -0.205. The second kappa shape index (κ2) is 6.74. The molecule has 0 radical (unpaired) electrons. The topological polar surface area (TPSA) is 69.6 Å². The Morgan fingerprint density at radius 3 is 2.35 bits per heavy atom. The third kappa shape index (κ3) is 4.46. The first-order chi connectivity index (χ1) is 7.77. The summed E-state index contributed by atoms with van der Waals surface area (Å²) in [5, 5.41) is 11.9. The Bertz CT molecular complexity index is 282. The number of hydrogen-bond acceptors (Lipinski definition) is 3. The molecule has 0 aromatic rings. The van der Waals surface area contributed by atoms with Crippen molar-refractivity contribution in [3.63, 3.8) is 0 Å². The molecule has 0 saturated carbocycles. The van der Waals surface area contributed by atoms with Crippen molar-refractivity contribution in [2.24, 2.45) is 0 Å². The van der Waals surface area contributed by atoms with Crippen molar-refractivity contribution < 1.29 is 14.7 Å². The lowest BCUT2D eigenvalue weighted by molar-refractivity contribution is -0.147. The smallest absolute Gasteiger partial charge is 0.329 e. The molecule has 0 aromatic carbocycles. The summed E-state index contributed by atoms with van der Waals surface area (Å²) >= 11 is 1.64. The summed E-state index contributed by atoms with van der Waals surface area (Å²) in [7, 11) is 0. The number of thioether (sulfide) groups is 1. The minimum absolute atomic E-state index is 0.0242. The molecule has 0 heterocycles. The number of nitrogens with zero attached hydrogens (tertiary/aromatic N) is 1. The highest BCUT2D eigenvalue weighted by Gasteiger charge is 2.37. The summed E-state index contributed by atoms with van der Waals surface area (Å²) in [6.45, 7) is 7.08. The molecule has 100 valence electrons. The summed E-state index contributed by atoms with van der Waals surface area (Å²) in [6, 6.07) is -0.308. The zero-order chi connectivity index (χ0) is 13.6. The zero-order valence-electron chi connectivity index (χ0n) is 11.1. The van der Waals surface area contributed by atoms with Gasteiger partial charge in [0.15, 0.2) is 0 Å². The van der Waals surface area contributed by atoms with E-state index < -0.39 is 11.5 Å². The Kier molecular flexibility index (Phi) is 6.37. The second-order valence-corrected chi connectivity index (χ2v) is 5.32. The van der Waals surface area contributed by atoms with Gasteiger partial charge >= 0.3 is 12.0 Å². The van der Waals surface area contributed by atoms with Gasteiger partial charge in [-0.15, -0.1) is 0 Å². The Morgan fingerprint density at radius 1 is 1.47 bits per heavy atom. The Labute approximate surface area is 107 Å². The van der Waals surface area contributed by atoms with E-state index in [1.54, 1.807) is 18.7 Å². The first-order valence-corrected chi connectivity index (χ1v) is 6.97. The summed E-state index contributed by atoms with van der Waals surface area (Å²) in [6.07, 6.45) is 1.96. The van der Waals surface area contributed by atoms with Crippen molar-refractivity contribution in [1.29, 1.82) is 0 Å². The third-order valence-electron chi connectivity index (χ3n) is 2.55. The van der Waals surface area contributed by atoms with Gasteiger partial charge in [-0.3, -0.25) is 0 Å². The lowest BCUT2D eigenvalue weighted by Gasteiger charge is -2.35. The molecule has 6 heteroatoms. The van der Waals surface area contributed by atoms with E-state index in [1.165, 1.54) is 18.7 Å². The van der Waals surface area contributed by atoms with Crippen molar-refractivity contribution in [3.8, 4) is 0 Å². The van der Waals surface area contributed by atoms with Crippen molar-refractivity contribution >= 4 is 23.8 Å². The van der Waals surface area contributed by atoms with Gasteiger partial charge in [0.2, 0.25) is 0 Å². The molecule has 5 nitrogen and oxygen atoms in total. The molecule has 0 bridgehead atoms. The highest BCUT2D eigenvalue weighted by atomic mass is 32.2. The van der Waals surface area contributed by atoms with Gasteiger partial charge < -0.3 is 15.3 Å². The highest BCUT2D eigenvalue weighted by Crippen LogP contribution is 2.14. The molecular weight excluding hydrogens is 240 g/mol. The number of carboxylic acid groups (broad SMARTS) is 1. The lowest BCUT2D eigenvalue weighted by Crippen LogP contribution is -2.57. The van der Waals surface area contributed by atoms with E-state index in [4.69, 9.17) is 5.11 Å². The van der Waals surface area contributed by atoms with Crippen molar-refractivity contribution in [2.75, 3.05) is 18.6 Å². The number of likely N-dealkylation sites (N-methyl/N-ethyl adjacent to an activating group) is 1. The van der Waals surface area contributed by atoms with Crippen LogP contribution in [0.25, 0.3) is 0 Å². The minimum Gasteiger partial charge on any atom is -0.480 e. The largest absolute Gasteiger partial charge is 0.480 e. The average molecular weight is 262 g/mol. The van der Waals surface area contributed by atoms with Crippen molar-refractivity contribution in [2.45, 2.75) is 39.3 Å². The Hall–Kier alpha value is -0.910. The maximum absolute atomic E-state index is 12.0. The molecule has 2 amide bonds. The van der Waals surface area contributed by atoms with E-state index in [1.807, 2.05) is 13.2 Å². The van der Waals surface area contributed by atoms with Gasteiger partial charge in [-0.2, -0.15) is 11.8 Å². The van der Waals surface area contributed by atoms with Crippen LogP contribution in [0.2, 0.25) is 0 Å². The fraction of sp³-hybridized carbons (Fsp3) is 0.818. The average Bonchev–Trinajstić information content (AvgIpc) is 2.17. The van der Waals surface area contributed by atoms with Crippen molar-refractivity contribution in [1.82, 2.24) is 10.2 Å². The van der Waals surface area contributed by atoms with Gasteiger partial charge in [0.25, 0.3) is 0 Å². The molecule has 0 rings (SSSR count). The minimum atomic E-state index is -1.20. The van der Waals surface area contributed by atoms with Crippen LogP contribution in [0.5, 0.6) is 0 Å². The fourth-order valence-corrected chi connectivity index (χ4v) is 2.07. The standard InChI is InChI=1S/C11H22N2O3S/c1-6-13(11(3,4)9(14)15)10(16)12-8(2)7-17-5/h8H,6-7H2,1-5H3,(H,12,16)(H,14,15).